The van der Waals surface area contributed by atoms with Crippen LogP contribution in [0.3, 0.4) is 0 Å². The van der Waals surface area contributed by atoms with Crippen LogP contribution in [0.1, 0.15) is 153 Å². The summed E-state index contributed by atoms with van der Waals surface area (Å²) in [6, 6.07) is 9.61. The maximum Gasteiger partial charge on any atom is 0.192 e. The van der Waals surface area contributed by atoms with Gasteiger partial charge in [-0.25, -0.2) is 0 Å². The topological polar surface area (TPSA) is 133 Å². The Balaban J connectivity index is 1.10. The van der Waals surface area contributed by atoms with E-state index >= 15 is 0 Å². The van der Waals surface area contributed by atoms with E-state index in [1.807, 2.05) is 6.08 Å². The first kappa shape index (κ1) is 63.3. The largest absolute Gasteiger partial charge is 0.414 e. The van der Waals surface area contributed by atoms with Gasteiger partial charge < -0.3 is 56.6 Å². The summed E-state index contributed by atoms with van der Waals surface area (Å²) in [7, 11) is -4.08. The van der Waals surface area contributed by atoms with Gasteiger partial charge in [-0.05, 0) is 123 Å². The lowest BCUT2D eigenvalue weighted by molar-refractivity contribution is -0.256. The lowest BCUT2D eigenvalue weighted by Gasteiger charge is -2.47. The van der Waals surface area contributed by atoms with E-state index < -0.39 is 49.1 Å². The average molecular weight is 1110 g/mol. The molecule has 0 aromatic rings. The maximum absolute atomic E-state index is 11.4. The average Bonchev–Trinajstić information content (AvgIpc) is 4.02. The summed E-state index contributed by atoms with van der Waals surface area (Å²) in [6.45, 7) is 40.5. The van der Waals surface area contributed by atoms with Crippen LogP contribution in [0.4, 0.5) is 0 Å². The van der Waals surface area contributed by atoms with Crippen molar-refractivity contribution >= 4 is 25.0 Å². The molecule has 6 saturated heterocycles. The van der Waals surface area contributed by atoms with E-state index in [1.54, 1.807) is 13.2 Å². The molecule has 0 radical (unpaired) electrons. The van der Waals surface area contributed by atoms with Crippen LogP contribution in [0.25, 0.3) is 0 Å². The Morgan fingerprint density at radius 1 is 0.707 bits per heavy atom. The van der Waals surface area contributed by atoms with E-state index in [4.69, 9.17) is 46.4 Å². The lowest BCUT2D eigenvalue weighted by Crippen LogP contribution is -2.58. The first-order chi connectivity index (χ1) is 35.9. The molecule has 2 N–H and O–H groups in total. The van der Waals surface area contributed by atoms with Crippen LogP contribution in [0.2, 0.25) is 54.4 Å². The molecular formula is C60H108O12Si3. The summed E-state index contributed by atoms with van der Waals surface area (Å²) in [4.78, 5) is 0. The summed E-state index contributed by atoms with van der Waals surface area (Å²) in [5.74, 6) is -0.711. The van der Waals surface area contributed by atoms with Gasteiger partial charge in [-0.1, -0.05) is 94.5 Å². The van der Waals surface area contributed by atoms with Gasteiger partial charge in [0, 0.05) is 45.1 Å². The molecule has 432 valence electrons. The Morgan fingerprint density at radius 2 is 1.36 bits per heavy atom. The second kappa shape index (κ2) is 28.7. The Hall–Kier alpha value is -0.869. The van der Waals surface area contributed by atoms with E-state index in [2.05, 4.69) is 95.6 Å². The Kier molecular flexibility index (Phi) is 24.2. The summed E-state index contributed by atoms with van der Waals surface area (Å²) in [5, 5.41) is 22.7. The predicted octanol–water partition coefficient (Wildman–Crippen LogP) is 12.9. The van der Waals surface area contributed by atoms with Crippen molar-refractivity contribution in [1.29, 1.82) is 0 Å². The summed E-state index contributed by atoms with van der Waals surface area (Å²) >= 11 is 0. The Bertz CT molecular complexity index is 1770. The van der Waals surface area contributed by atoms with Gasteiger partial charge in [0.25, 0.3) is 0 Å². The number of hydrogen-bond donors (Lipinski definition) is 2. The minimum atomic E-state index is -2.00. The molecule has 6 fully saturated rings. The van der Waals surface area contributed by atoms with Gasteiger partial charge in [-0.2, -0.15) is 0 Å². The van der Waals surface area contributed by atoms with E-state index in [0.29, 0.717) is 58.0 Å². The fourth-order valence-electron chi connectivity index (χ4n) is 14.2. The van der Waals surface area contributed by atoms with Crippen molar-refractivity contribution in [1.82, 2.24) is 0 Å². The van der Waals surface area contributed by atoms with Crippen molar-refractivity contribution in [3.63, 3.8) is 0 Å². The van der Waals surface area contributed by atoms with E-state index in [1.165, 1.54) is 0 Å². The highest BCUT2D eigenvalue weighted by molar-refractivity contribution is 6.74. The number of hydrogen-bond acceptors (Lipinski definition) is 12. The van der Waals surface area contributed by atoms with Crippen LogP contribution in [0.15, 0.2) is 49.6 Å². The van der Waals surface area contributed by atoms with Crippen molar-refractivity contribution in [2.45, 2.75) is 304 Å². The van der Waals surface area contributed by atoms with Crippen molar-refractivity contribution in [2.75, 3.05) is 13.7 Å². The second-order valence-corrected chi connectivity index (χ2v) is 38.1. The van der Waals surface area contributed by atoms with Crippen LogP contribution in [-0.4, -0.2) is 146 Å². The van der Waals surface area contributed by atoms with Crippen molar-refractivity contribution in [3.05, 3.63) is 49.6 Å². The lowest BCUT2D eigenvalue weighted by atomic mass is 9.81. The van der Waals surface area contributed by atoms with Crippen LogP contribution in [0, 0.1) is 11.8 Å². The van der Waals surface area contributed by atoms with E-state index in [9.17, 15) is 10.2 Å². The third-order valence-corrected chi connectivity index (χ3v) is 33.8. The standard InChI is InChI=1S/C60H108O12Si3/c1-16-27-44(61)35-48-53(68-54(57(48)63-15)36-47(71-74(21-6,22-7)23-8)40-64-73(18-3,19-4)20-5)37-52-43(14)41(12)33-45(66-52)29-30-50-42(13)34-46(65-50)31-32-60-39-49(62)58(70-60)55-38-56(69-60)59(51(67-55)28-17-2)72-75(24-9,25-10)26-11/h16-17,41,44-59,61-62H,1-2,13-14,18-40H2,3-12,15H3/t41?,44-,45?,46?,47?,48?,49+,50?,51?,52?,53?,54?,55+,56?,57+,58?,59?,60?/m0/s1. The van der Waals surface area contributed by atoms with Gasteiger partial charge in [0.1, 0.15) is 6.10 Å². The molecule has 6 aliphatic heterocycles. The Labute approximate surface area is 459 Å². The smallest absolute Gasteiger partial charge is 0.192 e. The highest BCUT2D eigenvalue weighted by Crippen LogP contribution is 2.49. The zero-order valence-electron chi connectivity index (χ0n) is 49.0. The molecule has 6 rings (SSSR count). The molecule has 75 heavy (non-hydrogen) atoms. The summed E-state index contributed by atoms with van der Waals surface area (Å²) in [6.07, 6.45) is 8.94. The number of ether oxygens (including phenoxy) is 7. The third-order valence-electron chi connectivity index (χ3n) is 19.8. The van der Waals surface area contributed by atoms with Gasteiger partial charge in [-0.3, -0.25) is 0 Å². The first-order valence-electron chi connectivity index (χ1n) is 30.4. The molecule has 12 nitrogen and oxygen atoms in total. The number of fused-ring (bicyclic) bond motifs is 5. The molecule has 6 heterocycles. The van der Waals surface area contributed by atoms with E-state index in [-0.39, 0.29) is 85.1 Å². The highest BCUT2D eigenvalue weighted by Gasteiger charge is 2.59. The summed E-state index contributed by atoms with van der Waals surface area (Å²) < 4.78 is 69.6. The Morgan fingerprint density at radius 3 is 1.97 bits per heavy atom. The summed E-state index contributed by atoms with van der Waals surface area (Å²) in [5.41, 5.74) is 2.22. The molecule has 0 aromatic carbocycles. The molecular weight excluding hydrogens is 997 g/mol. The monoisotopic (exact) mass is 1100 g/mol. The molecule has 14 unspecified atom stereocenters. The predicted molar refractivity (Wildman–Crippen MR) is 309 cm³/mol. The minimum absolute atomic E-state index is 0.0240. The molecule has 4 bridgehead atoms. The van der Waals surface area contributed by atoms with Crippen LogP contribution in [-0.2, 0) is 46.4 Å². The highest BCUT2D eigenvalue weighted by atomic mass is 28.4. The van der Waals surface area contributed by atoms with Crippen molar-refractivity contribution in [3.8, 4) is 0 Å². The van der Waals surface area contributed by atoms with Gasteiger partial charge in [0.2, 0.25) is 0 Å². The van der Waals surface area contributed by atoms with Crippen LogP contribution in [0.5, 0.6) is 0 Å². The molecule has 0 aromatic heterocycles. The van der Waals surface area contributed by atoms with Crippen molar-refractivity contribution < 1.29 is 56.6 Å². The van der Waals surface area contributed by atoms with Gasteiger partial charge in [0.05, 0.1) is 92.1 Å². The second-order valence-electron chi connectivity index (χ2n) is 23.9. The van der Waals surface area contributed by atoms with E-state index in [0.717, 1.165) is 97.6 Å². The number of aliphatic hydroxyl groups is 2. The molecule has 0 spiro atoms. The van der Waals surface area contributed by atoms with Crippen molar-refractivity contribution in [2.24, 2.45) is 11.8 Å². The first-order valence-corrected chi connectivity index (χ1v) is 38.0. The van der Waals surface area contributed by atoms with Gasteiger partial charge in [-0.15, -0.1) is 13.2 Å². The quantitative estimate of drug-likeness (QED) is 0.0479. The van der Waals surface area contributed by atoms with Crippen LogP contribution < -0.4 is 0 Å². The zero-order chi connectivity index (χ0) is 54.7. The number of rotatable bonds is 33. The molecule has 0 aliphatic carbocycles. The normalized spacial score (nSPS) is 36.2. The van der Waals surface area contributed by atoms with Gasteiger partial charge >= 0.3 is 0 Å². The molecule has 6 aliphatic rings. The fourth-order valence-corrected chi connectivity index (χ4v) is 22.6. The third kappa shape index (κ3) is 15.2. The maximum atomic E-state index is 11.4. The number of aliphatic hydroxyl groups excluding tert-OH is 2. The van der Waals surface area contributed by atoms with Crippen LogP contribution >= 0.6 is 0 Å². The molecule has 15 heteroatoms. The SMILES string of the molecule is C=CCC1O[C@@H]2CC(OC3(CCC4CC(=C)C(CCC5CC(C)C(=C)C(CC6OC(CC(CO[Si](CC)(CC)CC)O[Si](CC)(CC)CC)[C@H](OC)C6C[C@@H](O)CC=C)O5)O4)C[C@@H](O)C2O3)C1O[Si](CC)(CC)CC. The fraction of sp³-hybridized carbons (Fsp3) is 0.867. The molecule has 0 amide bonds. The molecule has 18 atom stereocenters. The number of methoxy groups -OCH3 is 1. The zero-order valence-corrected chi connectivity index (χ0v) is 52.0. The molecule has 0 saturated carbocycles. The van der Waals surface area contributed by atoms with Gasteiger partial charge in [0.15, 0.2) is 30.7 Å². The minimum Gasteiger partial charge on any atom is -0.414 e.